The van der Waals surface area contributed by atoms with Gasteiger partial charge >= 0.3 is 5.97 Å². The maximum absolute atomic E-state index is 11.2. The van der Waals surface area contributed by atoms with E-state index in [4.69, 9.17) is 5.11 Å². The number of carboxylic acid groups (broad SMARTS) is 1. The standard InChI is InChI=1S/C17H15NO3.C2H6/c1-10-12-8-13(17(20)21)15(19)9-14(12)18(2)16(10)11-6-4-3-5-7-11;1-2/h3-9,19H,1-2H3,(H,20,21);1-2H3. The van der Waals surface area contributed by atoms with E-state index in [9.17, 15) is 9.90 Å². The molecule has 0 saturated heterocycles. The Morgan fingerprint density at radius 2 is 1.70 bits per heavy atom. The SMILES string of the molecule is CC.Cc1c(-c2ccccc2)n(C)c2cc(O)c(C(=O)O)cc12. The lowest BCUT2D eigenvalue weighted by molar-refractivity contribution is 0.0694. The second-order valence-corrected chi connectivity index (χ2v) is 5.09. The van der Waals surface area contributed by atoms with Gasteiger partial charge in [0.25, 0.3) is 0 Å². The van der Waals surface area contributed by atoms with E-state index in [1.54, 1.807) is 0 Å². The molecule has 0 aliphatic rings. The number of hydrogen-bond donors (Lipinski definition) is 2. The maximum atomic E-state index is 11.2. The first kappa shape index (κ1) is 16.6. The minimum absolute atomic E-state index is 0.0733. The molecule has 0 atom stereocenters. The Balaban J connectivity index is 0.000000924. The van der Waals surface area contributed by atoms with E-state index in [-0.39, 0.29) is 11.3 Å². The molecule has 0 bridgehead atoms. The average Bonchev–Trinajstić information content (AvgIpc) is 2.80. The van der Waals surface area contributed by atoms with Gasteiger partial charge in [0, 0.05) is 18.5 Å². The molecule has 0 amide bonds. The van der Waals surface area contributed by atoms with Crippen molar-refractivity contribution < 1.29 is 15.0 Å². The Bertz CT molecular complexity index is 848. The molecular weight excluding hydrogens is 290 g/mol. The van der Waals surface area contributed by atoms with Crippen LogP contribution in [-0.2, 0) is 7.05 Å². The summed E-state index contributed by atoms with van der Waals surface area (Å²) in [7, 11) is 1.91. The number of rotatable bonds is 2. The number of carbonyl (C=O) groups is 1. The van der Waals surface area contributed by atoms with Crippen LogP contribution in [0.15, 0.2) is 42.5 Å². The lowest BCUT2D eigenvalue weighted by atomic mass is 10.0. The summed E-state index contributed by atoms with van der Waals surface area (Å²) < 4.78 is 1.98. The summed E-state index contributed by atoms with van der Waals surface area (Å²) in [6, 6.07) is 13.0. The number of benzene rings is 2. The van der Waals surface area contributed by atoms with Gasteiger partial charge < -0.3 is 14.8 Å². The molecule has 1 aromatic heterocycles. The van der Waals surface area contributed by atoms with Crippen molar-refractivity contribution in [3.63, 3.8) is 0 Å². The first-order chi connectivity index (χ1) is 11.0. The lowest BCUT2D eigenvalue weighted by Gasteiger charge is -2.06. The highest BCUT2D eigenvalue weighted by molar-refractivity contribution is 6.00. The third kappa shape index (κ3) is 2.80. The highest BCUT2D eigenvalue weighted by Crippen LogP contribution is 2.35. The lowest BCUT2D eigenvalue weighted by Crippen LogP contribution is -1.97. The first-order valence-corrected chi connectivity index (χ1v) is 7.61. The first-order valence-electron chi connectivity index (χ1n) is 7.61. The molecule has 0 saturated carbocycles. The largest absolute Gasteiger partial charge is 0.507 e. The van der Waals surface area contributed by atoms with Gasteiger partial charge in [0.1, 0.15) is 11.3 Å². The minimum Gasteiger partial charge on any atom is -0.507 e. The van der Waals surface area contributed by atoms with Crippen molar-refractivity contribution in [2.24, 2.45) is 7.05 Å². The fourth-order valence-corrected chi connectivity index (χ4v) is 2.83. The zero-order chi connectivity index (χ0) is 17.1. The molecule has 120 valence electrons. The van der Waals surface area contributed by atoms with Gasteiger partial charge in [0.15, 0.2) is 0 Å². The molecule has 4 heteroatoms. The third-order valence-corrected chi connectivity index (χ3v) is 3.85. The number of phenols is 1. The molecule has 0 aliphatic heterocycles. The summed E-state index contributed by atoms with van der Waals surface area (Å²) in [5.41, 5.74) is 3.82. The van der Waals surface area contributed by atoms with Gasteiger partial charge in [-0.15, -0.1) is 0 Å². The number of aromatic hydroxyl groups is 1. The number of aromatic carboxylic acids is 1. The number of fused-ring (bicyclic) bond motifs is 1. The summed E-state index contributed by atoms with van der Waals surface area (Å²) in [4.78, 5) is 11.2. The van der Waals surface area contributed by atoms with Gasteiger partial charge in [-0.1, -0.05) is 44.2 Å². The molecule has 0 fully saturated rings. The van der Waals surface area contributed by atoms with Crippen LogP contribution in [0.3, 0.4) is 0 Å². The third-order valence-electron chi connectivity index (χ3n) is 3.85. The number of hydrogen-bond acceptors (Lipinski definition) is 2. The predicted molar refractivity (Wildman–Crippen MR) is 93.1 cm³/mol. The van der Waals surface area contributed by atoms with Crippen LogP contribution in [0.2, 0.25) is 0 Å². The molecule has 2 N–H and O–H groups in total. The maximum Gasteiger partial charge on any atom is 0.339 e. The summed E-state index contributed by atoms with van der Waals surface area (Å²) in [5, 5.41) is 19.9. The van der Waals surface area contributed by atoms with Crippen molar-refractivity contribution in [1.29, 1.82) is 0 Å². The quantitative estimate of drug-likeness (QED) is 0.728. The smallest absolute Gasteiger partial charge is 0.339 e. The van der Waals surface area contributed by atoms with Crippen LogP contribution in [0.5, 0.6) is 5.75 Å². The van der Waals surface area contributed by atoms with E-state index in [0.29, 0.717) is 0 Å². The second kappa shape index (κ2) is 6.57. The fraction of sp³-hybridized carbons (Fsp3) is 0.211. The van der Waals surface area contributed by atoms with Crippen LogP contribution < -0.4 is 0 Å². The molecule has 3 rings (SSSR count). The van der Waals surface area contributed by atoms with Crippen LogP contribution in [-0.4, -0.2) is 20.7 Å². The van der Waals surface area contributed by atoms with Crippen molar-refractivity contribution in [3.05, 3.63) is 53.6 Å². The zero-order valence-corrected chi connectivity index (χ0v) is 13.8. The summed E-state index contributed by atoms with van der Waals surface area (Å²) >= 11 is 0. The van der Waals surface area contributed by atoms with Gasteiger partial charge in [0.2, 0.25) is 0 Å². The van der Waals surface area contributed by atoms with E-state index in [1.165, 1.54) is 12.1 Å². The van der Waals surface area contributed by atoms with E-state index in [1.807, 2.05) is 62.7 Å². The van der Waals surface area contributed by atoms with Crippen LogP contribution in [0.4, 0.5) is 0 Å². The van der Waals surface area contributed by atoms with E-state index >= 15 is 0 Å². The Morgan fingerprint density at radius 3 is 2.26 bits per heavy atom. The summed E-state index contributed by atoms with van der Waals surface area (Å²) in [5.74, 6) is -1.34. The summed E-state index contributed by atoms with van der Waals surface area (Å²) in [6.45, 7) is 5.97. The van der Waals surface area contributed by atoms with Gasteiger partial charge in [-0.05, 0) is 24.1 Å². The van der Waals surface area contributed by atoms with E-state index in [0.717, 1.165) is 27.7 Å². The van der Waals surface area contributed by atoms with E-state index in [2.05, 4.69) is 0 Å². The average molecular weight is 311 g/mol. The van der Waals surface area contributed by atoms with Crippen molar-refractivity contribution in [1.82, 2.24) is 4.57 Å². The zero-order valence-electron chi connectivity index (χ0n) is 13.8. The van der Waals surface area contributed by atoms with Gasteiger partial charge in [-0.3, -0.25) is 0 Å². The monoisotopic (exact) mass is 311 g/mol. The molecule has 23 heavy (non-hydrogen) atoms. The Hall–Kier alpha value is -2.75. The van der Waals surface area contributed by atoms with Crippen molar-refractivity contribution in [2.75, 3.05) is 0 Å². The van der Waals surface area contributed by atoms with Crippen LogP contribution in [0, 0.1) is 6.92 Å². The van der Waals surface area contributed by atoms with Gasteiger partial charge in [0.05, 0.1) is 11.2 Å². The number of aromatic nitrogens is 1. The molecule has 0 unspecified atom stereocenters. The molecule has 3 aromatic rings. The van der Waals surface area contributed by atoms with Crippen LogP contribution in [0.25, 0.3) is 22.2 Å². The molecular formula is C19H21NO3. The Morgan fingerprint density at radius 1 is 1.09 bits per heavy atom. The van der Waals surface area contributed by atoms with Crippen molar-refractivity contribution in [3.8, 4) is 17.0 Å². The van der Waals surface area contributed by atoms with Gasteiger partial charge in [-0.25, -0.2) is 4.79 Å². The molecule has 1 heterocycles. The Kier molecular flexibility index (Phi) is 4.74. The van der Waals surface area contributed by atoms with Crippen LogP contribution in [0.1, 0.15) is 29.8 Å². The van der Waals surface area contributed by atoms with Crippen LogP contribution >= 0.6 is 0 Å². The molecule has 0 spiro atoms. The van der Waals surface area contributed by atoms with E-state index < -0.39 is 5.97 Å². The minimum atomic E-state index is -1.13. The fourth-order valence-electron chi connectivity index (χ4n) is 2.83. The van der Waals surface area contributed by atoms with Gasteiger partial charge in [-0.2, -0.15) is 0 Å². The second-order valence-electron chi connectivity index (χ2n) is 5.09. The highest BCUT2D eigenvalue weighted by Gasteiger charge is 2.18. The Labute approximate surface area is 135 Å². The van der Waals surface area contributed by atoms with Crippen molar-refractivity contribution in [2.45, 2.75) is 20.8 Å². The van der Waals surface area contributed by atoms with Crippen molar-refractivity contribution >= 4 is 16.9 Å². The highest BCUT2D eigenvalue weighted by atomic mass is 16.4. The summed E-state index contributed by atoms with van der Waals surface area (Å²) in [6.07, 6.45) is 0. The number of aryl methyl sites for hydroxylation is 2. The predicted octanol–water partition coefficient (Wildman–Crippen LogP) is 4.58. The molecule has 0 radical (unpaired) electrons. The topological polar surface area (TPSA) is 62.5 Å². The molecule has 0 aliphatic carbocycles. The number of nitrogens with zero attached hydrogens (tertiary/aromatic N) is 1. The number of carboxylic acids is 1. The molecule has 2 aromatic carbocycles. The molecule has 4 nitrogen and oxygen atoms in total. The normalized spacial score (nSPS) is 10.3.